The number of nitrogens with one attached hydrogen (secondary N) is 2. The largest absolute Gasteiger partial charge is 1.00 e. The summed E-state index contributed by atoms with van der Waals surface area (Å²) in [6, 6.07) is 15.9. The molecule has 3 fully saturated rings. The molecule has 5 heterocycles. The maximum absolute atomic E-state index is 11.6. The molecule has 0 spiro atoms. The molecule has 0 radical (unpaired) electrons. The van der Waals surface area contributed by atoms with Crippen molar-refractivity contribution in [1.82, 2.24) is 0 Å². The Morgan fingerprint density at radius 2 is 1.11 bits per heavy atom. The molecule has 37 nitrogen and oxygen atoms in total. The number of benzene rings is 3. The van der Waals surface area contributed by atoms with Crippen LogP contribution in [0.2, 0.25) is 0 Å². The number of unbranched alkanes of at least 4 members (excludes halogenated alkanes) is 6. The number of carboxylic acid groups (broad SMARTS) is 1. The van der Waals surface area contributed by atoms with Crippen LogP contribution in [0.4, 0.5) is 17.1 Å². The van der Waals surface area contributed by atoms with Gasteiger partial charge in [-0.3, -0.25) is 51.7 Å². The van der Waals surface area contributed by atoms with E-state index in [1.165, 1.54) is 51.0 Å². The fourth-order valence-corrected chi connectivity index (χ4v) is 18.1. The first-order valence-electron chi connectivity index (χ1n) is 41.6. The first-order chi connectivity index (χ1) is 59.3. The number of carbonyl (C=O) groups excluding carboxylic acids is 5. The van der Waals surface area contributed by atoms with Gasteiger partial charge in [0.2, 0.25) is 11.4 Å². The molecule has 0 aliphatic carbocycles. The normalized spacial score (nSPS) is 17.5. The molecule has 0 amide bonds. The maximum Gasteiger partial charge on any atom is 1.00 e. The van der Waals surface area contributed by atoms with E-state index in [0.717, 1.165) is 152 Å². The van der Waals surface area contributed by atoms with Crippen LogP contribution in [-0.4, -0.2) is 218 Å². The Bertz CT molecular complexity index is 4740. The van der Waals surface area contributed by atoms with Gasteiger partial charge in [-0.15, -0.1) is 28.3 Å². The number of hydrogen-bond donors (Lipinski definition) is 6. The van der Waals surface area contributed by atoms with Crippen molar-refractivity contribution in [3.05, 3.63) is 71.8 Å². The van der Waals surface area contributed by atoms with E-state index < -0.39 is 105 Å². The quantitative estimate of drug-likeness (QED) is 0.00251. The van der Waals surface area contributed by atoms with E-state index >= 15 is 0 Å². The molecule has 0 aromatic heterocycles. The molecule has 1 unspecified atom stereocenters. The number of hydrogen-bond acceptors (Lipinski definition) is 34. The third-order valence-electron chi connectivity index (χ3n) is 19.9. The number of ether oxygens (including phenoxy) is 2. The van der Waals surface area contributed by atoms with Crippen LogP contribution in [0.3, 0.4) is 0 Å². The number of Topliss-reactive ketones (excluding diaryl/α,β-unsaturated/α-hetero) is 3. The molecule has 7 N–H and O–H groups in total. The Morgan fingerprint density at radius 1 is 0.641 bits per heavy atom. The van der Waals surface area contributed by atoms with Crippen LogP contribution in [0.15, 0.2) is 75.4 Å². The first-order valence-corrected chi connectivity index (χ1v) is 55.3. The number of halogens is 3. The molecule has 5 atom stereocenters. The number of rotatable bonds is 36. The number of alkyl halides is 2. The second kappa shape index (κ2) is 71.0. The van der Waals surface area contributed by atoms with Crippen molar-refractivity contribution < 1.29 is 187 Å². The van der Waals surface area contributed by atoms with E-state index in [4.69, 9.17) is 25.5 Å². The second-order valence-electron chi connectivity index (χ2n) is 30.1. The number of nitrogens with two attached hydrogens (primary N) is 1. The van der Waals surface area contributed by atoms with E-state index in [1.54, 1.807) is 71.0 Å². The Kier molecular flexibility index (Phi) is 74.9. The summed E-state index contributed by atoms with van der Waals surface area (Å²) in [5.41, 5.74) is 7.10. The van der Waals surface area contributed by atoms with Gasteiger partial charge >= 0.3 is 47.5 Å². The van der Waals surface area contributed by atoms with E-state index in [9.17, 15) is 101 Å². The van der Waals surface area contributed by atoms with E-state index in [-0.39, 0.29) is 134 Å². The third kappa shape index (κ3) is 60.2. The van der Waals surface area contributed by atoms with Crippen molar-refractivity contribution in [1.29, 1.82) is 0 Å². The van der Waals surface area contributed by atoms with Gasteiger partial charge in [-0.2, -0.15) is 38.2 Å². The van der Waals surface area contributed by atoms with Crippen LogP contribution in [0, 0.1) is 17.3 Å². The molecular formula is C82H140Br2IN4NaO33S8. The summed E-state index contributed by atoms with van der Waals surface area (Å²) in [6.07, 6.45) is 17.9. The molecule has 0 bridgehead atoms. The summed E-state index contributed by atoms with van der Waals surface area (Å²) in [5.74, 6) is 3.30. The SMILES string of the molecule is C.CCCC[C@@H](C)C(C)=O.CCCC[C@@](C)(C(C)=O)C(=O)OCC.CCCC[C@@]1(C)C(C)=[N+](CCCS(=O)(=O)[O-])c2ccc(S(=O)(=O)[O-])cc21.CCCC[C@@]1(C)C(C)=[NH+]c2ccc(S(=O)(=O)[O-])cc21.CCOC(=O)C(C)C(C)=O.I.NNc1ccc(SOOO)cc1.O=C(O)CCCCCBr.O=S(=O)(O)CCBr.O=S1(=O)CCCCO1.O=S1(=O)CCCO1.O=S1(=O)CCCO1.[Na+]. The molecular weight excluding hydrogens is 2140 g/mol. The van der Waals surface area contributed by atoms with Gasteiger partial charge < -0.3 is 33.7 Å². The van der Waals surface area contributed by atoms with Gasteiger partial charge in [0, 0.05) is 82.9 Å². The van der Waals surface area contributed by atoms with Gasteiger partial charge in [0.25, 0.3) is 40.5 Å². The van der Waals surface area contributed by atoms with Crippen LogP contribution < -0.4 is 45.8 Å². The fourth-order valence-electron chi connectivity index (χ4n) is 11.5. The number of ketones is 3. The van der Waals surface area contributed by atoms with Crippen molar-refractivity contribution in [2.75, 3.05) is 84.4 Å². The molecule has 0 saturated carbocycles. The predicted octanol–water partition coefficient (Wildman–Crippen LogP) is 10.4. The Morgan fingerprint density at radius 3 is 1.47 bits per heavy atom. The predicted molar refractivity (Wildman–Crippen MR) is 514 cm³/mol. The zero-order valence-electron chi connectivity index (χ0n) is 77.5. The minimum atomic E-state index is -4.56. The second-order valence-corrected chi connectivity index (χ2v) is 43.6. The number of carboxylic acids is 1. The van der Waals surface area contributed by atoms with Crippen LogP contribution in [0.25, 0.3) is 0 Å². The Labute approximate surface area is 839 Å². The van der Waals surface area contributed by atoms with E-state index in [1.807, 2.05) is 39.2 Å². The van der Waals surface area contributed by atoms with Crippen LogP contribution in [-0.2, 0) is 142 Å². The van der Waals surface area contributed by atoms with Crippen molar-refractivity contribution in [3.63, 3.8) is 0 Å². The first kappa shape index (κ1) is 138. The van der Waals surface area contributed by atoms with Crippen LogP contribution >= 0.6 is 67.9 Å². The standard InChI is InChI=1S/C17H25NO6S2.C14H19NO3S.C11H20O3.C8H16O.C7H12O3.C6H11BrO2.C6H8N2O3S.C4H8O3S.2C3H6O3S.C2H5BrO3S.CH4.HI.Na/c1-4-5-9-17(3)13(2)18(10-6-11-25(19,20)21)16-8-7-14(12-15(16)17)26(22,23)24;1-4-5-8-14(3)10(2)15-13-7-6-11(9-12(13)14)19(16,17)18;1-5-7-8-11(4,9(3)12)10(13)14-6-2;1-4-5-6-7(2)8(3)9;1-4-10-7(9)5(2)6(3)8;7-5-3-1-2-4-6(8)9;7-8-5-1-3-6(4-2-5)12-11-10-9;5-8(6)4-2-1-3-7-8;2*4-7(5)3-1-2-6-7;3-1-2-7(4,5)6;;;/h7-8,12H,4-6,9-11H2,1-3H3,(H-,19,20,21,22,23,24);6-7,9H,4-5,8H2,1-3H3,(H,16,17,18);5-8H2,1-4H3;7H,4-6H2,1-3H3;5H,4H2,1-3H3;1-5H2,(H,8,9);1-4,8-9H,7H2;1-4H2;2*1-3H2;1-2H2,(H,4,5,6);1H4;1H;/q;;;;;;;;;;;;;+1/p-1/t17-;14-;11-;7-;;;;;;;;;;/m0001........../s1. The van der Waals surface area contributed by atoms with Gasteiger partial charge in [0.1, 0.15) is 55.5 Å². The van der Waals surface area contributed by atoms with E-state index in [0.29, 0.717) is 71.0 Å². The molecule has 5 aliphatic heterocycles. The molecule has 3 saturated heterocycles. The smallest absolute Gasteiger partial charge is 0.748 e. The molecule has 49 heteroatoms. The topological polar surface area (TPSA) is 591 Å². The zero-order valence-corrected chi connectivity index (χ0v) is 91.5. The minimum absolute atomic E-state index is 0. The zero-order chi connectivity index (χ0) is 99.2. The Balaban J connectivity index is -0.000000337. The summed E-state index contributed by atoms with van der Waals surface area (Å²) in [5, 5.41) is 20.7. The molecule has 8 rings (SSSR count). The molecule has 5 aliphatic rings. The van der Waals surface area contributed by atoms with Crippen molar-refractivity contribution in [2.24, 2.45) is 23.1 Å². The Hall–Kier alpha value is -3.53. The van der Waals surface area contributed by atoms with Gasteiger partial charge in [0.05, 0.1) is 98.8 Å². The number of nitrogens with zero attached hydrogens (tertiary/aromatic N) is 1. The number of nitrogen functional groups attached to an aromatic ring is 1. The maximum atomic E-state index is 11.6. The molecule has 3 aromatic rings. The van der Waals surface area contributed by atoms with E-state index in [2.05, 4.69) is 96.6 Å². The molecule has 131 heavy (non-hydrogen) atoms. The molecule has 756 valence electrons. The number of aliphatic carboxylic acids is 1. The monoisotopic (exact) mass is 2270 g/mol. The van der Waals surface area contributed by atoms with Crippen LogP contribution in [0.1, 0.15) is 264 Å². The molecule has 3 aromatic carbocycles. The fraction of sp³-hybridized carbons (Fsp3) is 0.683. The van der Waals surface area contributed by atoms with Gasteiger partial charge in [0.15, 0.2) is 11.4 Å². The summed E-state index contributed by atoms with van der Waals surface area (Å²) in [7, 11) is -26.1. The number of esters is 2. The van der Waals surface area contributed by atoms with Gasteiger partial charge in [-0.05, 0) is 175 Å². The summed E-state index contributed by atoms with van der Waals surface area (Å²) in [6.45, 7) is 31.7. The average molecular weight is 2280 g/mol. The van der Waals surface area contributed by atoms with Gasteiger partial charge in [-0.1, -0.05) is 137 Å². The summed E-state index contributed by atoms with van der Waals surface area (Å²) >= 11 is 7.01. The summed E-state index contributed by atoms with van der Waals surface area (Å²) in [4.78, 5) is 68.5. The van der Waals surface area contributed by atoms with Crippen molar-refractivity contribution in [3.8, 4) is 0 Å². The number of hydrazine groups is 1. The third-order valence-corrected chi connectivity index (χ3v) is 29.1. The van der Waals surface area contributed by atoms with Crippen LogP contribution in [0.5, 0.6) is 0 Å². The number of anilines is 1. The van der Waals surface area contributed by atoms with Gasteiger partial charge in [-0.25, -0.2) is 35.5 Å². The van der Waals surface area contributed by atoms with Crippen molar-refractivity contribution >= 4 is 202 Å². The summed E-state index contributed by atoms with van der Waals surface area (Å²) < 4.78 is 218. The average Bonchev–Trinajstić information content (AvgIpc) is 1.59. The number of fused-ring (bicyclic) bond motifs is 2. The minimum Gasteiger partial charge on any atom is -0.748 e. The van der Waals surface area contributed by atoms with Crippen molar-refractivity contribution in [2.45, 2.75) is 279 Å². The number of carbonyl (C=O) groups is 6.